The van der Waals surface area contributed by atoms with Gasteiger partial charge in [0, 0.05) is 5.57 Å². The van der Waals surface area contributed by atoms with Gasteiger partial charge in [0.25, 0.3) is 0 Å². The molecular weight excluding hydrogens is 266 g/mol. The normalized spacial score (nSPS) is 11.8. The van der Waals surface area contributed by atoms with Crippen molar-refractivity contribution in [3.63, 3.8) is 0 Å². The lowest BCUT2D eigenvalue weighted by Gasteiger charge is -2.11. The van der Waals surface area contributed by atoms with Crippen molar-refractivity contribution in [1.29, 1.82) is 0 Å². The Kier molecular flexibility index (Phi) is 4.71. The van der Waals surface area contributed by atoms with Crippen molar-refractivity contribution in [2.75, 3.05) is 6.79 Å². The molecule has 0 saturated carbocycles. The van der Waals surface area contributed by atoms with Gasteiger partial charge in [-0.15, -0.1) is 0 Å². The Morgan fingerprint density at radius 1 is 1.35 bits per heavy atom. The van der Waals surface area contributed by atoms with Gasteiger partial charge in [-0.05, 0) is 6.92 Å². The van der Waals surface area contributed by atoms with Gasteiger partial charge in [0.05, 0.1) is 0 Å². The molecule has 0 aliphatic rings. The molecule has 0 rings (SSSR count). The van der Waals surface area contributed by atoms with Crippen LogP contribution in [0.2, 0.25) is 0 Å². The molecule has 17 heavy (non-hydrogen) atoms. The lowest BCUT2D eigenvalue weighted by Crippen LogP contribution is -2.39. The molecular formula is C7H8F2O7S. The maximum absolute atomic E-state index is 12.5. The Morgan fingerprint density at radius 2 is 1.82 bits per heavy atom. The number of carbonyl (C=O) groups is 2. The summed E-state index contributed by atoms with van der Waals surface area (Å²) in [5.74, 6) is -3.58. The molecule has 0 aliphatic carbocycles. The lowest BCUT2D eigenvalue weighted by atomic mass is 10.4. The number of hydrogen-bond donors (Lipinski definition) is 1. The third kappa shape index (κ3) is 4.07. The van der Waals surface area contributed by atoms with E-state index in [1.165, 1.54) is 6.92 Å². The van der Waals surface area contributed by atoms with Gasteiger partial charge >= 0.3 is 27.3 Å². The summed E-state index contributed by atoms with van der Waals surface area (Å²) >= 11 is 0. The molecule has 10 heteroatoms. The number of ether oxygens (including phenoxy) is 2. The maximum Gasteiger partial charge on any atom is 0.465 e. The number of carbonyl (C=O) groups excluding carboxylic acids is 2. The van der Waals surface area contributed by atoms with Crippen LogP contribution in [0.1, 0.15) is 6.92 Å². The van der Waals surface area contributed by atoms with E-state index in [2.05, 4.69) is 16.1 Å². The first-order valence-electron chi connectivity index (χ1n) is 3.85. The van der Waals surface area contributed by atoms with Gasteiger partial charge in [0.15, 0.2) is 0 Å². The van der Waals surface area contributed by atoms with Crippen molar-refractivity contribution < 1.29 is 40.8 Å². The molecule has 0 radical (unpaired) electrons. The highest BCUT2D eigenvalue weighted by atomic mass is 32.2. The van der Waals surface area contributed by atoms with Gasteiger partial charge in [-0.25, -0.2) is 9.59 Å². The summed E-state index contributed by atoms with van der Waals surface area (Å²) in [6.07, 6.45) is 0. The minimum absolute atomic E-state index is 0.0809. The van der Waals surface area contributed by atoms with E-state index in [0.717, 1.165) is 0 Å². The second-order valence-corrected chi connectivity index (χ2v) is 4.22. The van der Waals surface area contributed by atoms with Crippen molar-refractivity contribution in [2.24, 2.45) is 0 Å². The third-order valence-electron chi connectivity index (χ3n) is 1.29. The Hall–Kier alpha value is -1.55. The lowest BCUT2D eigenvalue weighted by molar-refractivity contribution is -0.177. The molecule has 0 aromatic rings. The summed E-state index contributed by atoms with van der Waals surface area (Å²) in [5, 5.41) is -5.12. The van der Waals surface area contributed by atoms with E-state index in [9.17, 15) is 26.8 Å². The highest BCUT2D eigenvalue weighted by Gasteiger charge is 2.54. The van der Waals surface area contributed by atoms with Gasteiger partial charge in [-0.1, -0.05) is 6.58 Å². The van der Waals surface area contributed by atoms with Crippen LogP contribution in [0.25, 0.3) is 0 Å². The summed E-state index contributed by atoms with van der Waals surface area (Å²) < 4.78 is 61.0. The van der Waals surface area contributed by atoms with Gasteiger partial charge in [0.2, 0.25) is 6.79 Å². The second kappa shape index (κ2) is 5.19. The predicted molar refractivity (Wildman–Crippen MR) is 48.4 cm³/mol. The Morgan fingerprint density at radius 3 is 2.18 bits per heavy atom. The molecule has 0 aromatic carbocycles. The van der Waals surface area contributed by atoms with Crippen molar-refractivity contribution >= 4 is 22.1 Å². The predicted octanol–water partition coefficient (Wildman–Crippen LogP) is 0.0870. The van der Waals surface area contributed by atoms with Crippen LogP contribution in [0.4, 0.5) is 8.78 Å². The Bertz CT molecular complexity index is 439. The number of rotatable bonds is 5. The van der Waals surface area contributed by atoms with Crippen LogP contribution in [0.3, 0.4) is 0 Å². The zero-order valence-electron chi connectivity index (χ0n) is 8.48. The molecule has 0 heterocycles. The fourth-order valence-corrected chi connectivity index (χ4v) is 0.719. The van der Waals surface area contributed by atoms with Crippen LogP contribution in [-0.2, 0) is 29.2 Å². The molecule has 1 N–H and O–H groups in total. The monoisotopic (exact) mass is 274 g/mol. The number of hydrogen-bond acceptors (Lipinski definition) is 6. The first-order valence-corrected chi connectivity index (χ1v) is 5.29. The summed E-state index contributed by atoms with van der Waals surface area (Å²) in [5.41, 5.74) is -0.0809. The minimum Gasteiger partial charge on any atom is -0.425 e. The Labute approximate surface area is 94.7 Å². The maximum atomic E-state index is 12.5. The van der Waals surface area contributed by atoms with Crippen LogP contribution in [0.15, 0.2) is 12.2 Å². The number of esters is 2. The van der Waals surface area contributed by atoms with E-state index in [0.29, 0.717) is 0 Å². The second-order valence-electron chi connectivity index (χ2n) is 2.75. The zero-order chi connectivity index (χ0) is 13.9. The van der Waals surface area contributed by atoms with Gasteiger partial charge in [0.1, 0.15) is 0 Å². The summed E-state index contributed by atoms with van der Waals surface area (Å²) in [4.78, 5) is 21.2. The van der Waals surface area contributed by atoms with Crippen molar-refractivity contribution in [1.82, 2.24) is 0 Å². The summed E-state index contributed by atoms with van der Waals surface area (Å²) in [7, 11) is -5.93. The highest BCUT2D eigenvalue weighted by molar-refractivity contribution is 7.87. The molecule has 7 nitrogen and oxygen atoms in total. The number of halogens is 2. The molecule has 0 aromatic heterocycles. The van der Waals surface area contributed by atoms with Crippen LogP contribution in [0, 0.1) is 0 Å². The van der Waals surface area contributed by atoms with Crippen LogP contribution in [0.5, 0.6) is 0 Å². The standard InChI is InChI=1S/C7H8F2O7S/c1-4(2)5(10)15-3-16-6(11)7(8,9)17(12,13)14/h1,3H2,2H3,(H,12,13,14). The van der Waals surface area contributed by atoms with Crippen LogP contribution in [-0.4, -0.2) is 37.0 Å². The smallest absolute Gasteiger partial charge is 0.425 e. The molecule has 98 valence electrons. The van der Waals surface area contributed by atoms with Gasteiger partial charge in [-0.2, -0.15) is 17.2 Å². The molecule has 0 bridgehead atoms. The average Bonchev–Trinajstić information content (AvgIpc) is 2.15. The minimum atomic E-state index is -5.93. The highest BCUT2D eigenvalue weighted by Crippen LogP contribution is 2.21. The first kappa shape index (κ1) is 15.4. The topological polar surface area (TPSA) is 107 Å². The van der Waals surface area contributed by atoms with Crippen LogP contribution >= 0.6 is 0 Å². The third-order valence-corrected chi connectivity index (χ3v) is 2.10. The Balaban J connectivity index is 4.40. The van der Waals surface area contributed by atoms with E-state index in [1.807, 2.05) is 0 Å². The fourth-order valence-electron chi connectivity index (χ4n) is 0.449. The van der Waals surface area contributed by atoms with E-state index in [-0.39, 0.29) is 5.57 Å². The molecule has 0 atom stereocenters. The zero-order valence-corrected chi connectivity index (χ0v) is 9.29. The van der Waals surface area contributed by atoms with Crippen molar-refractivity contribution in [2.45, 2.75) is 12.2 Å². The first-order chi connectivity index (χ1) is 7.50. The van der Waals surface area contributed by atoms with Crippen molar-refractivity contribution in [3.8, 4) is 0 Å². The van der Waals surface area contributed by atoms with Crippen LogP contribution < -0.4 is 0 Å². The van der Waals surface area contributed by atoms with E-state index in [1.54, 1.807) is 0 Å². The van der Waals surface area contributed by atoms with E-state index < -0.39 is 34.1 Å². The number of alkyl halides is 2. The molecule has 0 fully saturated rings. The SMILES string of the molecule is C=C(C)C(=O)OCOC(=O)C(F)(F)S(=O)(=O)O. The molecule has 0 saturated heterocycles. The van der Waals surface area contributed by atoms with Crippen molar-refractivity contribution in [3.05, 3.63) is 12.2 Å². The quantitative estimate of drug-likeness (QED) is 0.327. The summed E-state index contributed by atoms with van der Waals surface area (Å²) in [6, 6.07) is 0. The summed E-state index contributed by atoms with van der Waals surface area (Å²) in [6.45, 7) is 3.16. The van der Waals surface area contributed by atoms with Gasteiger partial charge in [-0.3, -0.25) is 4.55 Å². The van der Waals surface area contributed by atoms with Gasteiger partial charge < -0.3 is 9.47 Å². The molecule has 0 amide bonds. The fraction of sp³-hybridized carbons (Fsp3) is 0.429. The largest absolute Gasteiger partial charge is 0.465 e. The van der Waals surface area contributed by atoms with E-state index >= 15 is 0 Å². The molecule has 0 aliphatic heterocycles. The molecule has 0 unspecified atom stereocenters. The molecule has 0 spiro atoms. The average molecular weight is 274 g/mol. The van der Waals surface area contributed by atoms with E-state index in [4.69, 9.17) is 4.55 Å².